The number of nitrogens with zero attached hydrogens (tertiary/aromatic N) is 4. The second-order valence-electron chi connectivity index (χ2n) is 7.90. The predicted octanol–water partition coefficient (Wildman–Crippen LogP) is 2.01. The maximum atomic E-state index is 12.8. The number of aryl methyl sites for hydroxylation is 1. The van der Waals surface area contributed by atoms with Crippen LogP contribution in [0.1, 0.15) is 29.1 Å². The first-order valence-corrected chi connectivity index (χ1v) is 9.62. The zero-order chi connectivity index (χ0) is 18.9. The van der Waals surface area contributed by atoms with E-state index in [1.54, 1.807) is 30.3 Å². The van der Waals surface area contributed by atoms with Gasteiger partial charge in [-0.3, -0.25) is 14.4 Å². The molecule has 2 aromatic rings. The van der Waals surface area contributed by atoms with Crippen molar-refractivity contribution in [2.24, 2.45) is 18.4 Å². The topological polar surface area (TPSA) is 63.7 Å². The van der Waals surface area contributed by atoms with E-state index in [0.29, 0.717) is 11.6 Å². The summed E-state index contributed by atoms with van der Waals surface area (Å²) in [5.74, 6) is 1.58. The van der Waals surface area contributed by atoms with E-state index in [0.717, 1.165) is 57.9 Å². The summed E-state index contributed by atoms with van der Waals surface area (Å²) in [6.45, 7) is 5.24. The van der Waals surface area contributed by atoms with E-state index in [2.05, 4.69) is 10.00 Å². The largest absolute Gasteiger partial charge is 0.468 e. The average molecular weight is 372 g/mol. The summed E-state index contributed by atoms with van der Waals surface area (Å²) >= 11 is 0. The molecule has 1 amide bonds. The highest BCUT2D eigenvalue weighted by atomic mass is 16.5. The molecule has 7 heteroatoms. The molecule has 146 valence electrons. The summed E-state index contributed by atoms with van der Waals surface area (Å²) in [6, 6.07) is 5.77. The monoisotopic (exact) mass is 372 g/mol. The molecule has 1 spiro atoms. The van der Waals surface area contributed by atoms with Gasteiger partial charge < -0.3 is 14.1 Å². The Labute approximate surface area is 159 Å². The van der Waals surface area contributed by atoms with Gasteiger partial charge in [-0.05, 0) is 36.5 Å². The van der Waals surface area contributed by atoms with Crippen molar-refractivity contribution < 1.29 is 13.9 Å². The number of carbonyl (C=O) groups is 1. The third-order valence-electron chi connectivity index (χ3n) is 6.30. The lowest BCUT2D eigenvalue weighted by molar-refractivity contribution is 0.0316. The Morgan fingerprint density at radius 3 is 2.81 bits per heavy atom. The minimum absolute atomic E-state index is 0.0820. The van der Waals surface area contributed by atoms with Gasteiger partial charge in [0.15, 0.2) is 0 Å². The molecule has 0 aliphatic carbocycles. The zero-order valence-corrected chi connectivity index (χ0v) is 16.1. The lowest BCUT2D eigenvalue weighted by Crippen LogP contribution is -2.47. The number of amides is 1. The molecule has 4 rings (SSSR count). The van der Waals surface area contributed by atoms with Crippen LogP contribution in [-0.2, 0) is 18.3 Å². The van der Waals surface area contributed by atoms with Gasteiger partial charge in [0.05, 0.1) is 19.4 Å². The minimum Gasteiger partial charge on any atom is -0.468 e. The summed E-state index contributed by atoms with van der Waals surface area (Å²) in [7, 11) is 3.60. The summed E-state index contributed by atoms with van der Waals surface area (Å²) in [4.78, 5) is 17.2. The number of aromatic nitrogens is 2. The van der Waals surface area contributed by atoms with Gasteiger partial charge in [-0.25, -0.2) is 0 Å². The van der Waals surface area contributed by atoms with Crippen molar-refractivity contribution in [3.63, 3.8) is 0 Å². The fourth-order valence-electron chi connectivity index (χ4n) is 4.79. The first-order chi connectivity index (χ1) is 13.1. The quantitative estimate of drug-likeness (QED) is 0.803. The lowest BCUT2D eigenvalue weighted by Gasteiger charge is -2.42. The van der Waals surface area contributed by atoms with Gasteiger partial charge >= 0.3 is 0 Å². The van der Waals surface area contributed by atoms with Crippen molar-refractivity contribution in [1.82, 2.24) is 19.6 Å². The molecule has 0 saturated carbocycles. The molecule has 7 nitrogen and oxygen atoms in total. The Kier molecular flexibility index (Phi) is 5.06. The third-order valence-corrected chi connectivity index (χ3v) is 6.30. The second-order valence-corrected chi connectivity index (χ2v) is 7.90. The number of piperidine rings is 1. The van der Waals surface area contributed by atoms with Crippen molar-refractivity contribution >= 4 is 5.91 Å². The highest BCUT2D eigenvalue weighted by Gasteiger charge is 2.48. The van der Waals surface area contributed by atoms with Gasteiger partial charge in [0.2, 0.25) is 0 Å². The predicted molar refractivity (Wildman–Crippen MR) is 100 cm³/mol. The molecule has 0 bridgehead atoms. The van der Waals surface area contributed by atoms with Crippen LogP contribution in [0.25, 0.3) is 0 Å². The van der Waals surface area contributed by atoms with E-state index in [1.165, 1.54) is 0 Å². The van der Waals surface area contributed by atoms with E-state index >= 15 is 0 Å². The van der Waals surface area contributed by atoms with Gasteiger partial charge in [-0.1, -0.05) is 0 Å². The normalized spacial score (nSPS) is 22.6. The number of carbonyl (C=O) groups excluding carboxylic acids is 1. The van der Waals surface area contributed by atoms with Crippen LogP contribution in [0.5, 0.6) is 0 Å². The highest BCUT2D eigenvalue weighted by molar-refractivity contribution is 5.92. The van der Waals surface area contributed by atoms with Crippen LogP contribution >= 0.6 is 0 Å². The fraction of sp³-hybridized carbons (Fsp3) is 0.600. The van der Waals surface area contributed by atoms with Crippen molar-refractivity contribution in [2.75, 3.05) is 39.9 Å². The Morgan fingerprint density at radius 1 is 1.37 bits per heavy atom. The van der Waals surface area contributed by atoms with E-state index in [-0.39, 0.29) is 11.3 Å². The molecule has 1 atom stereocenters. The lowest BCUT2D eigenvalue weighted by atomic mass is 9.71. The maximum Gasteiger partial charge on any atom is 0.272 e. The van der Waals surface area contributed by atoms with Crippen molar-refractivity contribution in [1.29, 1.82) is 0 Å². The molecule has 0 unspecified atom stereocenters. The first-order valence-electron chi connectivity index (χ1n) is 9.62. The molecular weight excluding hydrogens is 344 g/mol. The summed E-state index contributed by atoms with van der Waals surface area (Å²) in [6.07, 6.45) is 5.44. The maximum absolute atomic E-state index is 12.8. The zero-order valence-electron chi connectivity index (χ0n) is 16.1. The standard InChI is InChI=1S/C20H28N4O3/c1-22-18(5-8-21-22)19(25)24-9-6-20(7-10-24)15-23(12-16(20)14-26-2)13-17-4-3-11-27-17/h3-5,8,11,16H,6-7,9-10,12-15H2,1-2H3/t16-/m1/s1. The average Bonchev–Trinajstić information content (AvgIpc) is 3.38. The van der Waals surface area contributed by atoms with E-state index < -0.39 is 0 Å². The Balaban J connectivity index is 1.43. The van der Waals surface area contributed by atoms with Crippen LogP contribution in [0.4, 0.5) is 0 Å². The van der Waals surface area contributed by atoms with E-state index in [9.17, 15) is 4.79 Å². The van der Waals surface area contributed by atoms with Gasteiger partial charge in [0.1, 0.15) is 11.5 Å². The SMILES string of the molecule is COC[C@H]1CN(Cc2ccco2)CC12CCN(C(=O)c1ccnn1C)CC2. The van der Waals surface area contributed by atoms with Gasteiger partial charge in [0, 0.05) is 52.5 Å². The van der Waals surface area contributed by atoms with Gasteiger partial charge in [0.25, 0.3) is 5.91 Å². The van der Waals surface area contributed by atoms with Crippen molar-refractivity contribution in [3.8, 4) is 0 Å². The van der Waals surface area contributed by atoms with Crippen molar-refractivity contribution in [3.05, 3.63) is 42.1 Å². The molecule has 2 fully saturated rings. The number of ether oxygens (including phenoxy) is 1. The summed E-state index contributed by atoms with van der Waals surface area (Å²) in [5.41, 5.74) is 0.872. The van der Waals surface area contributed by atoms with Gasteiger partial charge in [-0.2, -0.15) is 5.10 Å². The molecule has 0 aromatic carbocycles. The molecule has 0 N–H and O–H groups in total. The second kappa shape index (κ2) is 7.48. The molecule has 27 heavy (non-hydrogen) atoms. The fourth-order valence-corrected chi connectivity index (χ4v) is 4.79. The van der Waals surface area contributed by atoms with Crippen LogP contribution in [-0.4, -0.2) is 65.4 Å². The summed E-state index contributed by atoms with van der Waals surface area (Å²) < 4.78 is 12.7. The Hall–Kier alpha value is -2.12. The number of rotatable bonds is 5. The first kappa shape index (κ1) is 18.3. The smallest absolute Gasteiger partial charge is 0.272 e. The van der Waals surface area contributed by atoms with Crippen LogP contribution < -0.4 is 0 Å². The van der Waals surface area contributed by atoms with Crippen molar-refractivity contribution in [2.45, 2.75) is 19.4 Å². The molecule has 2 aliphatic rings. The van der Waals surface area contributed by atoms with E-state index in [1.807, 2.05) is 24.1 Å². The Morgan fingerprint density at radius 2 is 2.19 bits per heavy atom. The number of hydrogen-bond donors (Lipinski definition) is 0. The number of furan rings is 1. The van der Waals surface area contributed by atoms with Gasteiger partial charge in [-0.15, -0.1) is 0 Å². The molecule has 0 radical (unpaired) electrons. The highest BCUT2D eigenvalue weighted by Crippen LogP contribution is 2.45. The molecular formula is C20H28N4O3. The van der Waals surface area contributed by atoms with E-state index in [4.69, 9.17) is 9.15 Å². The van der Waals surface area contributed by atoms with Crippen LogP contribution in [0.2, 0.25) is 0 Å². The molecule has 2 aromatic heterocycles. The minimum atomic E-state index is 0.0820. The molecule has 4 heterocycles. The van der Waals surface area contributed by atoms with Crippen LogP contribution in [0.3, 0.4) is 0 Å². The summed E-state index contributed by atoms with van der Waals surface area (Å²) in [5, 5.41) is 4.12. The van der Waals surface area contributed by atoms with Crippen LogP contribution in [0, 0.1) is 11.3 Å². The number of likely N-dealkylation sites (tertiary alicyclic amines) is 2. The third kappa shape index (κ3) is 3.53. The number of methoxy groups -OCH3 is 1. The Bertz CT molecular complexity index is 762. The molecule has 2 saturated heterocycles. The molecule has 2 aliphatic heterocycles. The number of hydrogen-bond acceptors (Lipinski definition) is 5. The van der Waals surface area contributed by atoms with Crippen LogP contribution in [0.15, 0.2) is 35.1 Å².